The van der Waals surface area contributed by atoms with Gasteiger partial charge in [0.05, 0.1) is 24.3 Å². The molecular formula is C16H24BrNO3. The predicted octanol–water partition coefficient (Wildman–Crippen LogP) is 3.20. The fraction of sp³-hybridized carbons (Fsp3) is 0.625. The van der Waals surface area contributed by atoms with Gasteiger partial charge in [-0.1, -0.05) is 12.8 Å². The normalized spacial score (nSPS) is 17.2. The lowest BCUT2D eigenvalue weighted by atomic mass is 10.0. The fourth-order valence-electron chi connectivity index (χ4n) is 3.09. The number of ether oxygens (including phenoxy) is 2. The van der Waals surface area contributed by atoms with Crippen LogP contribution in [0.3, 0.4) is 0 Å². The molecule has 0 aromatic heterocycles. The van der Waals surface area contributed by atoms with E-state index in [0.29, 0.717) is 6.54 Å². The Morgan fingerprint density at radius 3 is 2.38 bits per heavy atom. The maximum absolute atomic E-state index is 10.5. The van der Waals surface area contributed by atoms with Crippen molar-refractivity contribution >= 4 is 15.9 Å². The van der Waals surface area contributed by atoms with E-state index >= 15 is 0 Å². The van der Waals surface area contributed by atoms with Gasteiger partial charge >= 0.3 is 0 Å². The van der Waals surface area contributed by atoms with Gasteiger partial charge in [0.15, 0.2) is 0 Å². The molecule has 2 rings (SSSR count). The van der Waals surface area contributed by atoms with Gasteiger partial charge in [-0.3, -0.25) is 4.90 Å². The standard InChI is InChI=1S/C16H24BrNO3/c1-18(11-16(19)6-4-5-7-16)10-12-8-15(21-3)13(17)9-14(12)20-2/h8-9,19H,4-7,10-11H2,1-3H3. The third-order valence-electron chi connectivity index (χ3n) is 4.09. The number of likely N-dealkylation sites (N-methyl/N-ethyl adjacent to an activating group) is 1. The Bertz CT molecular complexity index is 487. The summed E-state index contributed by atoms with van der Waals surface area (Å²) in [5.41, 5.74) is 0.531. The number of hydrogen-bond acceptors (Lipinski definition) is 4. The summed E-state index contributed by atoms with van der Waals surface area (Å²) in [6.07, 6.45) is 4.05. The van der Waals surface area contributed by atoms with Crippen LogP contribution >= 0.6 is 15.9 Å². The first-order valence-electron chi connectivity index (χ1n) is 7.29. The highest BCUT2D eigenvalue weighted by molar-refractivity contribution is 9.10. The SMILES string of the molecule is COc1cc(CN(C)CC2(O)CCCC2)c(OC)cc1Br. The van der Waals surface area contributed by atoms with Gasteiger partial charge in [0, 0.05) is 18.7 Å². The van der Waals surface area contributed by atoms with Crippen LogP contribution in [0.25, 0.3) is 0 Å². The number of aliphatic hydroxyl groups is 1. The highest BCUT2D eigenvalue weighted by Gasteiger charge is 2.32. The van der Waals surface area contributed by atoms with Gasteiger partial charge in [-0.05, 0) is 48.0 Å². The van der Waals surface area contributed by atoms with E-state index in [0.717, 1.165) is 53.8 Å². The molecule has 1 aliphatic carbocycles. The van der Waals surface area contributed by atoms with Gasteiger partial charge in [0.1, 0.15) is 11.5 Å². The monoisotopic (exact) mass is 357 g/mol. The van der Waals surface area contributed by atoms with Crippen molar-refractivity contribution in [3.05, 3.63) is 22.2 Å². The first-order valence-corrected chi connectivity index (χ1v) is 8.08. The number of halogens is 1. The summed E-state index contributed by atoms with van der Waals surface area (Å²) in [5, 5.41) is 10.5. The summed E-state index contributed by atoms with van der Waals surface area (Å²) >= 11 is 3.47. The summed E-state index contributed by atoms with van der Waals surface area (Å²) in [6.45, 7) is 1.41. The molecule has 0 radical (unpaired) electrons. The minimum atomic E-state index is -0.526. The lowest BCUT2D eigenvalue weighted by molar-refractivity contribution is 0.0144. The number of methoxy groups -OCH3 is 2. The average molecular weight is 358 g/mol. The number of benzene rings is 1. The molecular weight excluding hydrogens is 334 g/mol. The summed E-state index contributed by atoms with van der Waals surface area (Å²) in [5.74, 6) is 1.62. The van der Waals surface area contributed by atoms with Crippen molar-refractivity contribution in [3.63, 3.8) is 0 Å². The summed E-state index contributed by atoms with van der Waals surface area (Å²) < 4.78 is 11.7. The quantitative estimate of drug-likeness (QED) is 0.848. The second-order valence-electron chi connectivity index (χ2n) is 5.90. The van der Waals surface area contributed by atoms with Crippen molar-refractivity contribution in [2.24, 2.45) is 0 Å². The second kappa shape index (κ2) is 6.99. The Hall–Kier alpha value is -0.780. The molecule has 1 aromatic rings. The molecule has 1 fully saturated rings. The van der Waals surface area contributed by atoms with E-state index in [9.17, 15) is 5.11 Å². The largest absolute Gasteiger partial charge is 0.496 e. The molecule has 0 unspecified atom stereocenters. The molecule has 0 heterocycles. The van der Waals surface area contributed by atoms with Gasteiger partial charge in [-0.15, -0.1) is 0 Å². The van der Waals surface area contributed by atoms with Crippen molar-refractivity contribution in [1.29, 1.82) is 0 Å². The summed E-state index contributed by atoms with van der Waals surface area (Å²) in [7, 11) is 5.35. The lowest BCUT2D eigenvalue weighted by Gasteiger charge is -2.29. The molecule has 0 bridgehead atoms. The molecule has 1 aliphatic rings. The van der Waals surface area contributed by atoms with E-state index < -0.39 is 5.60 Å². The van der Waals surface area contributed by atoms with Crippen LogP contribution in [0.2, 0.25) is 0 Å². The maximum Gasteiger partial charge on any atom is 0.133 e. The molecule has 0 aliphatic heterocycles. The fourth-order valence-corrected chi connectivity index (χ4v) is 3.57. The molecule has 118 valence electrons. The van der Waals surface area contributed by atoms with Gasteiger partial charge in [0.25, 0.3) is 0 Å². The number of hydrogen-bond donors (Lipinski definition) is 1. The third kappa shape index (κ3) is 4.11. The van der Waals surface area contributed by atoms with Crippen LogP contribution in [0.15, 0.2) is 16.6 Å². The zero-order chi connectivity index (χ0) is 15.5. The van der Waals surface area contributed by atoms with Crippen LogP contribution in [0.1, 0.15) is 31.2 Å². The van der Waals surface area contributed by atoms with Crippen LogP contribution in [0.4, 0.5) is 0 Å². The Morgan fingerprint density at radius 1 is 1.19 bits per heavy atom. The molecule has 1 saturated carbocycles. The van der Waals surface area contributed by atoms with E-state index in [-0.39, 0.29) is 0 Å². The number of rotatable bonds is 6. The topological polar surface area (TPSA) is 41.9 Å². The van der Waals surface area contributed by atoms with E-state index in [1.807, 2.05) is 19.2 Å². The van der Waals surface area contributed by atoms with E-state index in [4.69, 9.17) is 9.47 Å². The van der Waals surface area contributed by atoms with Crippen molar-refractivity contribution in [3.8, 4) is 11.5 Å². The van der Waals surface area contributed by atoms with E-state index in [1.54, 1.807) is 14.2 Å². The maximum atomic E-state index is 10.5. The van der Waals surface area contributed by atoms with Gasteiger partial charge in [-0.25, -0.2) is 0 Å². The summed E-state index contributed by atoms with van der Waals surface area (Å²) in [4.78, 5) is 2.15. The highest BCUT2D eigenvalue weighted by Crippen LogP contribution is 2.34. The van der Waals surface area contributed by atoms with Crippen LogP contribution in [0.5, 0.6) is 11.5 Å². The van der Waals surface area contributed by atoms with Crippen molar-refractivity contribution < 1.29 is 14.6 Å². The number of nitrogens with zero attached hydrogens (tertiary/aromatic N) is 1. The molecule has 0 amide bonds. The molecule has 0 atom stereocenters. The third-order valence-corrected chi connectivity index (χ3v) is 4.71. The molecule has 1 N–H and O–H groups in total. The molecule has 5 heteroatoms. The lowest BCUT2D eigenvalue weighted by Crippen LogP contribution is -2.38. The van der Waals surface area contributed by atoms with Crippen molar-refractivity contribution in [2.45, 2.75) is 37.8 Å². The molecule has 0 saturated heterocycles. The van der Waals surface area contributed by atoms with Crippen LogP contribution in [-0.2, 0) is 6.54 Å². The Morgan fingerprint density at radius 2 is 1.81 bits per heavy atom. The van der Waals surface area contributed by atoms with Crippen LogP contribution in [0, 0.1) is 0 Å². The van der Waals surface area contributed by atoms with Crippen LogP contribution < -0.4 is 9.47 Å². The van der Waals surface area contributed by atoms with Gasteiger partial charge in [-0.2, -0.15) is 0 Å². The van der Waals surface area contributed by atoms with Crippen molar-refractivity contribution in [2.75, 3.05) is 27.8 Å². The van der Waals surface area contributed by atoms with Gasteiger partial charge < -0.3 is 14.6 Å². The smallest absolute Gasteiger partial charge is 0.133 e. The van der Waals surface area contributed by atoms with E-state index in [1.165, 1.54) is 0 Å². The zero-order valence-electron chi connectivity index (χ0n) is 13.0. The predicted molar refractivity (Wildman–Crippen MR) is 87.0 cm³/mol. The Kier molecular flexibility index (Phi) is 5.52. The second-order valence-corrected chi connectivity index (χ2v) is 6.76. The first kappa shape index (κ1) is 16.6. The first-order chi connectivity index (χ1) is 9.97. The minimum Gasteiger partial charge on any atom is -0.496 e. The summed E-state index contributed by atoms with van der Waals surface area (Å²) in [6, 6.07) is 3.91. The van der Waals surface area contributed by atoms with Crippen LogP contribution in [-0.4, -0.2) is 43.4 Å². The molecule has 1 aromatic carbocycles. The molecule has 0 spiro atoms. The Labute approximate surface area is 135 Å². The highest BCUT2D eigenvalue weighted by atomic mass is 79.9. The van der Waals surface area contributed by atoms with Gasteiger partial charge in [0.2, 0.25) is 0 Å². The van der Waals surface area contributed by atoms with E-state index in [2.05, 4.69) is 20.8 Å². The zero-order valence-corrected chi connectivity index (χ0v) is 14.6. The average Bonchev–Trinajstić information content (AvgIpc) is 2.86. The Balaban J connectivity index is 2.10. The molecule has 21 heavy (non-hydrogen) atoms. The molecule has 4 nitrogen and oxygen atoms in total. The van der Waals surface area contributed by atoms with Crippen molar-refractivity contribution in [1.82, 2.24) is 4.90 Å². The minimum absolute atomic E-state index is 0.526.